The van der Waals surface area contributed by atoms with E-state index in [-0.39, 0.29) is 17.9 Å². The van der Waals surface area contributed by atoms with E-state index in [1.807, 2.05) is 64.1 Å². The van der Waals surface area contributed by atoms with Crippen LogP contribution in [0.1, 0.15) is 35.9 Å². The lowest BCUT2D eigenvalue weighted by Gasteiger charge is -2.32. The van der Waals surface area contributed by atoms with Gasteiger partial charge in [0.05, 0.1) is 11.0 Å². The Kier molecular flexibility index (Phi) is 5.60. The molecule has 150 valence electrons. The average Bonchev–Trinajstić information content (AvgIpc) is 3.12. The minimum Gasteiger partial charge on any atom is -0.349 e. The number of rotatable bonds is 5. The van der Waals surface area contributed by atoms with E-state index in [0.717, 1.165) is 36.1 Å². The summed E-state index contributed by atoms with van der Waals surface area (Å²) in [5.41, 5.74) is 2.60. The molecular formula is C23H26N4O2. The summed E-state index contributed by atoms with van der Waals surface area (Å²) in [6.07, 6.45) is 2.33. The van der Waals surface area contributed by atoms with Gasteiger partial charge in [-0.15, -0.1) is 0 Å². The Morgan fingerprint density at radius 2 is 1.72 bits per heavy atom. The highest BCUT2D eigenvalue weighted by molar-refractivity contribution is 5.94. The number of nitrogens with one attached hydrogen (secondary N) is 1. The van der Waals surface area contributed by atoms with Crippen molar-refractivity contribution in [3.63, 3.8) is 0 Å². The second-order valence-electron chi connectivity index (χ2n) is 7.45. The number of imidazole rings is 1. The van der Waals surface area contributed by atoms with Crippen LogP contribution in [-0.2, 0) is 17.8 Å². The molecule has 0 atom stereocenters. The number of para-hydroxylation sites is 2. The third kappa shape index (κ3) is 4.16. The molecule has 4 rings (SSSR count). The first-order chi connectivity index (χ1) is 14.2. The van der Waals surface area contributed by atoms with E-state index in [0.29, 0.717) is 25.2 Å². The molecule has 1 N–H and O–H groups in total. The Hall–Kier alpha value is -3.15. The molecule has 0 unspecified atom stereocenters. The van der Waals surface area contributed by atoms with Crippen molar-refractivity contribution in [2.24, 2.45) is 0 Å². The van der Waals surface area contributed by atoms with Crippen LogP contribution in [0.25, 0.3) is 11.0 Å². The molecule has 1 aliphatic heterocycles. The van der Waals surface area contributed by atoms with Crippen LogP contribution in [0.3, 0.4) is 0 Å². The highest BCUT2D eigenvalue weighted by Gasteiger charge is 2.25. The Labute approximate surface area is 170 Å². The van der Waals surface area contributed by atoms with Crippen LogP contribution in [0.2, 0.25) is 0 Å². The van der Waals surface area contributed by atoms with Crippen molar-refractivity contribution in [1.29, 1.82) is 0 Å². The summed E-state index contributed by atoms with van der Waals surface area (Å²) in [5.74, 6) is 0.994. The minimum atomic E-state index is -0.0483. The normalized spacial score (nSPS) is 14.9. The Bertz CT molecular complexity index is 1000. The van der Waals surface area contributed by atoms with Crippen molar-refractivity contribution >= 4 is 22.8 Å². The molecule has 29 heavy (non-hydrogen) atoms. The van der Waals surface area contributed by atoms with Gasteiger partial charge >= 0.3 is 0 Å². The van der Waals surface area contributed by atoms with E-state index in [4.69, 9.17) is 0 Å². The fourth-order valence-electron chi connectivity index (χ4n) is 3.94. The molecule has 0 radical (unpaired) electrons. The number of aromatic nitrogens is 2. The van der Waals surface area contributed by atoms with Gasteiger partial charge in [0.1, 0.15) is 12.4 Å². The topological polar surface area (TPSA) is 67.2 Å². The summed E-state index contributed by atoms with van der Waals surface area (Å²) < 4.78 is 2.03. The molecule has 1 saturated heterocycles. The van der Waals surface area contributed by atoms with Gasteiger partial charge in [-0.05, 0) is 37.1 Å². The second kappa shape index (κ2) is 8.47. The lowest BCUT2D eigenvalue weighted by atomic mass is 10.0. The third-order valence-electron chi connectivity index (χ3n) is 5.56. The molecule has 2 heterocycles. The van der Waals surface area contributed by atoms with Gasteiger partial charge < -0.3 is 14.8 Å². The number of hydrogen-bond donors (Lipinski definition) is 1. The van der Waals surface area contributed by atoms with Gasteiger partial charge in [0.15, 0.2) is 0 Å². The lowest BCUT2D eigenvalue weighted by Crippen LogP contribution is -2.47. The minimum absolute atomic E-state index is 0.0483. The van der Waals surface area contributed by atoms with E-state index in [2.05, 4.69) is 17.2 Å². The van der Waals surface area contributed by atoms with E-state index < -0.39 is 0 Å². The third-order valence-corrected chi connectivity index (χ3v) is 5.56. The summed E-state index contributed by atoms with van der Waals surface area (Å²) >= 11 is 0. The number of fused-ring (bicyclic) bond motifs is 1. The van der Waals surface area contributed by atoms with Crippen molar-refractivity contribution in [2.75, 3.05) is 13.1 Å². The number of benzene rings is 2. The zero-order chi connectivity index (χ0) is 20.2. The van der Waals surface area contributed by atoms with Gasteiger partial charge in [-0.2, -0.15) is 0 Å². The van der Waals surface area contributed by atoms with Gasteiger partial charge in [-0.1, -0.05) is 37.3 Å². The molecule has 2 amide bonds. The van der Waals surface area contributed by atoms with Gasteiger partial charge in [-0.3, -0.25) is 9.59 Å². The molecule has 0 aliphatic carbocycles. The Balaban J connectivity index is 1.36. The molecule has 0 spiro atoms. The van der Waals surface area contributed by atoms with Crippen molar-refractivity contribution in [3.05, 3.63) is 66.0 Å². The number of likely N-dealkylation sites (tertiary alicyclic amines) is 1. The molecule has 1 aromatic heterocycles. The molecule has 1 fully saturated rings. The standard InChI is InChI=1S/C23H26N4O2/c1-2-21-25-19-10-6-7-11-20(19)27(21)16-22(28)26-14-12-18(13-15-26)24-23(29)17-8-4-3-5-9-17/h3-11,18H,2,12-16H2,1H3,(H,24,29). The van der Waals surface area contributed by atoms with Crippen molar-refractivity contribution in [1.82, 2.24) is 19.8 Å². The fourth-order valence-corrected chi connectivity index (χ4v) is 3.94. The number of carbonyl (C=O) groups is 2. The van der Waals surface area contributed by atoms with Crippen LogP contribution in [0.5, 0.6) is 0 Å². The molecule has 0 bridgehead atoms. The van der Waals surface area contributed by atoms with Crippen LogP contribution < -0.4 is 5.32 Å². The van der Waals surface area contributed by atoms with Gasteiger partial charge in [0, 0.05) is 31.1 Å². The predicted octanol–water partition coefficient (Wildman–Crippen LogP) is 3.02. The predicted molar refractivity (Wildman–Crippen MR) is 113 cm³/mol. The summed E-state index contributed by atoms with van der Waals surface area (Å²) in [6, 6.07) is 17.3. The first-order valence-electron chi connectivity index (χ1n) is 10.2. The number of aryl methyl sites for hydroxylation is 1. The maximum Gasteiger partial charge on any atom is 0.251 e. The van der Waals surface area contributed by atoms with E-state index >= 15 is 0 Å². The van der Waals surface area contributed by atoms with Crippen LogP contribution in [0.15, 0.2) is 54.6 Å². The van der Waals surface area contributed by atoms with Crippen LogP contribution in [0.4, 0.5) is 0 Å². The molecule has 1 aliphatic rings. The average molecular weight is 390 g/mol. The molecule has 2 aromatic carbocycles. The fraction of sp³-hybridized carbons (Fsp3) is 0.348. The zero-order valence-corrected chi connectivity index (χ0v) is 16.7. The molecular weight excluding hydrogens is 364 g/mol. The molecule has 3 aromatic rings. The lowest BCUT2D eigenvalue weighted by molar-refractivity contribution is -0.132. The van der Waals surface area contributed by atoms with Gasteiger partial charge in [0.25, 0.3) is 5.91 Å². The number of nitrogens with zero attached hydrogens (tertiary/aromatic N) is 3. The SMILES string of the molecule is CCc1nc2ccccc2n1CC(=O)N1CCC(NC(=O)c2ccccc2)CC1. The molecule has 6 heteroatoms. The largest absolute Gasteiger partial charge is 0.349 e. The monoisotopic (exact) mass is 390 g/mol. The number of amides is 2. The van der Waals surface area contributed by atoms with E-state index in [1.165, 1.54) is 0 Å². The van der Waals surface area contributed by atoms with Crippen molar-refractivity contribution < 1.29 is 9.59 Å². The maximum absolute atomic E-state index is 12.9. The quantitative estimate of drug-likeness (QED) is 0.728. The zero-order valence-electron chi connectivity index (χ0n) is 16.7. The maximum atomic E-state index is 12.9. The number of piperidine rings is 1. The summed E-state index contributed by atoms with van der Waals surface area (Å²) in [6.45, 7) is 3.69. The second-order valence-corrected chi connectivity index (χ2v) is 7.45. The van der Waals surface area contributed by atoms with Crippen molar-refractivity contribution in [2.45, 2.75) is 38.8 Å². The first kappa shape index (κ1) is 19.2. The highest BCUT2D eigenvalue weighted by atomic mass is 16.2. The van der Waals surface area contributed by atoms with Gasteiger partial charge in [-0.25, -0.2) is 4.98 Å². The Morgan fingerprint density at radius 1 is 1.03 bits per heavy atom. The summed E-state index contributed by atoms with van der Waals surface area (Å²) in [5, 5.41) is 3.09. The van der Waals surface area contributed by atoms with Crippen LogP contribution in [-0.4, -0.2) is 45.4 Å². The molecule has 6 nitrogen and oxygen atoms in total. The van der Waals surface area contributed by atoms with Crippen molar-refractivity contribution in [3.8, 4) is 0 Å². The first-order valence-corrected chi connectivity index (χ1v) is 10.2. The Morgan fingerprint density at radius 3 is 2.45 bits per heavy atom. The molecule has 0 saturated carbocycles. The van der Waals surface area contributed by atoms with Crippen LogP contribution >= 0.6 is 0 Å². The van der Waals surface area contributed by atoms with E-state index in [1.54, 1.807) is 0 Å². The van der Waals surface area contributed by atoms with Crippen LogP contribution in [0, 0.1) is 0 Å². The summed E-state index contributed by atoms with van der Waals surface area (Å²) in [4.78, 5) is 31.8. The highest BCUT2D eigenvalue weighted by Crippen LogP contribution is 2.18. The van der Waals surface area contributed by atoms with E-state index in [9.17, 15) is 9.59 Å². The summed E-state index contributed by atoms with van der Waals surface area (Å²) in [7, 11) is 0. The van der Waals surface area contributed by atoms with Gasteiger partial charge in [0.2, 0.25) is 5.91 Å². The number of carbonyl (C=O) groups excluding carboxylic acids is 2. The number of hydrogen-bond acceptors (Lipinski definition) is 3. The smallest absolute Gasteiger partial charge is 0.251 e.